The molecule has 0 bridgehead atoms. The lowest BCUT2D eigenvalue weighted by Crippen LogP contribution is -2.37. The number of nitrogens with zero attached hydrogens (tertiary/aromatic N) is 2. The molecule has 0 saturated carbocycles. The Kier molecular flexibility index (Phi) is 4.38. The van der Waals surface area contributed by atoms with Crippen LogP contribution in [-0.4, -0.2) is 37.9 Å². The van der Waals surface area contributed by atoms with Crippen LogP contribution in [-0.2, 0) is 14.8 Å². The van der Waals surface area contributed by atoms with Crippen molar-refractivity contribution >= 4 is 39.4 Å². The Labute approximate surface area is 149 Å². The average Bonchev–Trinajstić information content (AvgIpc) is 2.94. The summed E-state index contributed by atoms with van der Waals surface area (Å²) in [5.74, 6) is 0.331. The number of hydrogen-bond acceptors (Lipinski definition) is 6. The molecule has 9 heteroatoms. The molecule has 1 heterocycles. The second kappa shape index (κ2) is 6.23. The first-order chi connectivity index (χ1) is 11.7. The molecule has 0 aliphatic carbocycles. The summed E-state index contributed by atoms with van der Waals surface area (Å²) in [6.07, 6.45) is 0.363. The van der Waals surface area contributed by atoms with E-state index in [-0.39, 0.29) is 11.4 Å². The van der Waals surface area contributed by atoms with Gasteiger partial charge in [-0.2, -0.15) is 0 Å². The van der Waals surface area contributed by atoms with Crippen molar-refractivity contribution < 1.29 is 18.3 Å². The number of aliphatic imine (C=N–C) groups is 1. The first-order valence-electron chi connectivity index (χ1n) is 7.17. The fourth-order valence-corrected chi connectivity index (χ4v) is 3.14. The number of hydrogen-bond donors (Lipinski definition) is 2. The molecule has 7 nitrogen and oxygen atoms in total. The average molecular weight is 380 g/mol. The van der Waals surface area contributed by atoms with Gasteiger partial charge >= 0.3 is 0 Å². The lowest BCUT2D eigenvalue weighted by atomic mass is 10.1. The number of carbonyl (C=O) groups is 1. The molecule has 2 aromatic rings. The molecule has 0 amide bonds. The summed E-state index contributed by atoms with van der Waals surface area (Å²) in [5.41, 5.74) is -0.676. The maximum atomic E-state index is 11.4. The van der Waals surface area contributed by atoms with Crippen molar-refractivity contribution in [3.8, 4) is 0 Å². The van der Waals surface area contributed by atoms with Gasteiger partial charge in [-0.1, -0.05) is 11.6 Å². The number of anilines is 1. The molecule has 2 aromatic carbocycles. The van der Waals surface area contributed by atoms with Gasteiger partial charge in [-0.05, 0) is 48.5 Å². The molecule has 130 valence electrons. The highest BCUT2D eigenvalue weighted by molar-refractivity contribution is 7.89. The Morgan fingerprint density at radius 3 is 2.28 bits per heavy atom. The number of carbonyl (C=O) groups excluding carboxylic acids is 1. The van der Waals surface area contributed by atoms with E-state index < -0.39 is 15.7 Å². The molecule has 1 atom stereocenters. The van der Waals surface area contributed by atoms with Crippen LogP contribution in [0.2, 0.25) is 5.02 Å². The van der Waals surface area contributed by atoms with Crippen LogP contribution in [0.3, 0.4) is 0 Å². The van der Waals surface area contributed by atoms with Crippen molar-refractivity contribution in [3.63, 3.8) is 0 Å². The fraction of sp³-hybridized carbons (Fsp3) is 0.125. The summed E-state index contributed by atoms with van der Waals surface area (Å²) in [7, 11) is -3.81. The third kappa shape index (κ3) is 3.57. The molecular formula is C16H14ClN3O4S. The zero-order valence-electron chi connectivity index (χ0n) is 12.8. The normalized spacial score (nSPS) is 20.4. The fourth-order valence-electron chi connectivity index (χ4n) is 2.50. The van der Waals surface area contributed by atoms with Gasteiger partial charge in [0, 0.05) is 16.3 Å². The number of aliphatic hydroxyl groups is 1. The van der Waals surface area contributed by atoms with Crippen molar-refractivity contribution in [2.24, 2.45) is 10.1 Å². The molecule has 25 heavy (non-hydrogen) atoms. The zero-order valence-corrected chi connectivity index (χ0v) is 14.4. The van der Waals surface area contributed by atoms with Crippen molar-refractivity contribution in [1.29, 1.82) is 0 Å². The Hall–Kier alpha value is -2.26. The van der Waals surface area contributed by atoms with Crippen LogP contribution in [0.15, 0.2) is 58.4 Å². The number of sulfonamides is 1. The molecule has 3 N–H and O–H groups in total. The summed E-state index contributed by atoms with van der Waals surface area (Å²) < 4.78 is 22.7. The molecule has 0 fully saturated rings. The summed E-state index contributed by atoms with van der Waals surface area (Å²) in [6.45, 7) is -0.0651. The predicted molar refractivity (Wildman–Crippen MR) is 94.2 cm³/mol. The molecule has 1 unspecified atom stereocenters. The van der Waals surface area contributed by atoms with Crippen molar-refractivity contribution in [1.82, 2.24) is 0 Å². The first-order valence-corrected chi connectivity index (χ1v) is 9.09. The summed E-state index contributed by atoms with van der Waals surface area (Å²) in [4.78, 5) is 16.9. The minimum absolute atomic E-state index is 0.0430. The molecule has 0 radical (unpaired) electrons. The number of primary sulfonamides is 1. The highest BCUT2D eigenvalue weighted by atomic mass is 35.5. The number of halogens is 1. The van der Waals surface area contributed by atoms with Gasteiger partial charge in [0.25, 0.3) is 0 Å². The van der Waals surface area contributed by atoms with Crippen molar-refractivity contribution in [2.45, 2.75) is 10.6 Å². The van der Waals surface area contributed by atoms with E-state index in [1.54, 1.807) is 29.2 Å². The smallest absolute Gasteiger partial charge is 0.238 e. The second-order valence-electron chi connectivity index (χ2n) is 5.56. The standard InChI is InChI=1S/C16H14ClN3O4S/c17-12-3-5-13(6-4-12)20-9-16(22,10-21)19-15(20)11-1-7-14(8-2-11)25(18,23)24/h1-8,10,22H,9H2,(H2,18,23,24). The van der Waals surface area contributed by atoms with E-state index in [1.165, 1.54) is 24.3 Å². The highest BCUT2D eigenvalue weighted by Gasteiger charge is 2.38. The lowest BCUT2D eigenvalue weighted by molar-refractivity contribution is -0.121. The molecule has 0 saturated heterocycles. The van der Waals surface area contributed by atoms with Crippen LogP contribution in [0, 0.1) is 0 Å². The Morgan fingerprint density at radius 2 is 1.76 bits per heavy atom. The van der Waals surface area contributed by atoms with Gasteiger partial charge in [-0.15, -0.1) is 0 Å². The summed E-state index contributed by atoms with van der Waals surface area (Å²) >= 11 is 5.89. The molecule has 1 aliphatic rings. The van der Waals surface area contributed by atoms with Crippen LogP contribution in [0.25, 0.3) is 0 Å². The number of β-amino-alcohol motifs (C(OH)–C–C–N with tert-alkyl or cyclic N) is 1. The minimum Gasteiger partial charge on any atom is -0.362 e. The van der Waals surface area contributed by atoms with Crippen LogP contribution in [0.1, 0.15) is 5.56 Å². The van der Waals surface area contributed by atoms with Crippen LogP contribution >= 0.6 is 11.6 Å². The topological polar surface area (TPSA) is 113 Å². The van der Waals surface area contributed by atoms with Gasteiger partial charge in [-0.3, -0.25) is 4.79 Å². The van der Waals surface area contributed by atoms with E-state index in [1.807, 2.05) is 0 Å². The number of benzene rings is 2. The van der Waals surface area contributed by atoms with Gasteiger partial charge in [0.15, 0.2) is 6.29 Å². The van der Waals surface area contributed by atoms with Gasteiger partial charge in [-0.25, -0.2) is 18.5 Å². The predicted octanol–water partition coefficient (Wildman–Crippen LogP) is 1.14. The Morgan fingerprint density at radius 1 is 1.16 bits per heavy atom. The lowest BCUT2D eigenvalue weighted by Gasteiger charge is -2.22. The maximum Gasteiger partial charge on any atom is 0.238 e. The molecular weight excluding hydrogens is 366 g/mol. The van der Waals surface area contributed by atoms with Crippen molar-refractivity contribution in [2.75, 3.05) is 11.4 Å². The van der Waals surface area contributed by atoms with Gasteiger partial charge in [0.2, 0.25) is 15.7 Å². The Bertz CT molecular complexity index is 942. The molecule has 1 aliphatic heterocycles. The van der Waals surface area contributed by atoms with E-state index in [4.69, 9.17) is 16.7 Å². The summed E-state index contributed by atoms with van der Waals surface area (Å²) in [6, 6.07) is 12.5. The van der Waals surface area contributed by atoms with Gasteiger partial charge in [0.05, 0.1) is 11.4 Å². The number of rotatable bonds is 4. The van der Waals surface area contributed by atoms with E-state index in [0.29, 0.717) is 28.4 Å². The monoisotopic (exact) mass is 379 g/mol. The quantitative estimate of drug-likeness (QED) is 0.773. The SMILES string of the molecule is NS(=O)(=O)c1ccc(C2=NC(O)(C=O)CN2c2ccc(Cl)cc2)cc1. The van der Waals surface area contributed by atoms with E-state index >= 15 is 0 Å². The Balaban J connectivity index is 2.04. The van der Waals surface area contributed by atoms with E-state index in [2.05, 4.69) is 4.99 Å². The number of nitrogens with two attached hydrogens (primary N) is 1. The van der Waals surface area contributed by atoms with Gasteiger partial charge in [0.1, 0.15) is 5.84 Å². The largest absolute Gasteiger partial charge is 0.362 e. The number of aldehydes is 1. The molecule has 3 rings (SSSR count). The van der Waals surface area contributed by atoms with Crippen LogP contribution < -0.4 is 10.0 Å². The van der Waals surface area contributed by atoms with Gasteiger partial charge < -0.3 is 10.0 Å². The summed E-state index contributed by atoms with van der Waals surface area (Å²) in [5, 5.41) is 15.9. The molecule has 0 spiro atoms. The highest BCUT2D eigenvalue weighted by Crippen LogP contribution is 2.28. The molecule has 0 aromatic heterocycles. The van der Waals surface area contributed by atoms with E-state index in [9.17, 15) is 18.3 Å². The van der Waals surface area contributed by atoms with Crippen LogP contribution in [0.4, 0.5) is 5.69 Å². The van der Waals surface area contributed by atoms with Crippen molar-refractivity contribution in [3.05, 3.63) is 59.1 Å². The second-order valence-corrected chi connectivity index (χ2v) is 7.56. The first kappa shape index (κ1) is 17.6. The van der Waals surface area contributed by atoms with E-state index in [0.717, 1.165) is 0 Å². The zero-order chi connectivity index (χ0) is 18.2. The number of amidine groups is 1. The third-order valence-electron chi connectivity index (χ3n) is 3.71. The minimum atomic E-state index is -3.81. The third-order valence-corrected chi connectivity index (χ3v) is 4.90. The maximum absolute atomic E-state index is 11.4. The van der Waals surface area contributed by atoms with Crippen LogP contribution in [0.5, 0.6) is 0 Å².